The number of carbonyl (C=O) groups is 1. The van der Waals surface area contributed by atoms with Crippen molar-refractivity contribution in [3.05, 3.63) is 12.2 Å². The van der Waals surface area contributed by atoms with Crippen LogP contribution in [-0.2, 0) is 9.53 Å². The lowest BCUT2D eigenvalue weighted by Crippen LogP contribution is -2.39. The van der Waals surface area contributed by atoms with E-state index in [1.807, 2.05) is 6.92 Å². The van der Waals surface area contributed by atoms with E-state index in [1.54, 1.807) is 27.7 Å². The SMILES string of the molecule is C=C(C)C(=O)C(C)(CC)OCCC(C)(C)O. The van der Waals surface area contributed by atoms with Gasteiger partial charge in [-0.05, 0) is 46.1 Å². The van der Waals surface area contributed by atoms with Gasteiger partial charge in [0.25, 0.3) is 0 Å². The van der Waals surface area contributed by atoms with Crippen LogP contribution in [0.5, 0.6) is 0 Å². The first kappa shape index (κ1) is 15.3. The van der Waals surface area contributed by atoms with Gasteiger partial charge in [-0.25, -0.2) is 0 Å². The molecule has 3 heteroatoms. The molecule has 1 unspecified atom stereocenters. The molecule has 0 spiro atoms. The smallest absolute Gasteiger partial charge is 0.189 e. The largest absolute Gasteiger partial charge is 0.390 e. The molecule has 1 atom stereocenters. The van der Waals surface area contributed by atoms with Crippen LogP contribution in [0.4, 0.5) is 0 Å². The Kier molecular flexibility index (Phi) is 5.36. The number of ether oxygens (including phenoxy) is 1. The van der Waals surface area contributed by atoms with Crippen molar-refractivity contribution in [2.24, 2.45) is 0 Å². The molecule has 16 heavy (non-hydrogen) atoms. The molecule has 0 fully saturated rings. The number of ketones is 1. The van der Waals surface area contributed by atoms with E-state index in [-0.39, 0.29) is 5.78 Å². The number of hydrogen-bond donors (Lipinski definition) is 1. The van der Waals surface area contributed by atoms with E-state index < -0.39 is 11.2 Å². The second-order valence-corrected chi connectivity index (χ2v) is 5.10. The van der Waals surface area contributed by atoms with Crippen molar-refractivity contribution in [3.63, 3.8) is 0 Å². The summed E-state index contributed by atoms with van der Waals surface area (Å²) < 4.78 is 5.61. The van der Waals surface area contributed by atoms with E-state index in [9.17, 15) is 9.90 Å². The van der Waals surface area contributed by atoms with Crippen LogP contribution in [0.2, 0.25) is 0 Å². The van der Waals surface area contributed by atoms with Gasteiger partial charge in [0, 0.05) is 0 Å². The lowest BCUT2D eigenvalue weighted by molar-refractivity contribution is -0.140. The minimum atomic E-state index is -0.808. The zero-order chi connectivity index (χ0) is 13.0. The van der Waals surface area contributed by atoms with Crippen molar-refractivity contribution in [2.45, 2.75) is 58.7 Å². The highest BCUT2D eigenvalue weighted by Gasteiger charge is 2.32. The van der Waals surface area contributed by atoms with Crippen molar-refractivity contribution in [3.8, 4) is 0 Å². The van der Waals surface area contributed by atoms with Gasteiger partial charge in [0.15, 0.2) is 5.78 Å². The van der Waals surface area contributed by atoms with Gasteiger partial charge < -0.3 is 9.84 Å². The minimum absolute atomic E-state index is 0.0641. The highest BCUT2D eigenvalue weighted by molar-refractivity contribution is 6.00. The fourth-order valence-electron chi connectivity index (χ4n) is 1.31. The van der Waals surface area contributed by atoms with Gasteiger partial charge >= 0.3 is 0 Å². The average molecular weight is 228 g/mol. The summed E-state index contributed by atoms with van der Waals surface area (Å²) in [6, 6.07) is 0. The van der Waals surface area contributed by atoms with Crippen LogP contribution in [0.1, 0.15) is 47.5 Å². The first-order chi connectivity index (χ1) is 7.12. The molecule has 94 valence electrons. The number of rotatable bonds is 7. The summed E-state index contributed by atoms with van der Waals surface area (Å²) in [6.07, 6.45) is 1.11. The third kappa shape index (κ3) is 4.90. The molecule has 0 radical (unpaired) electrons. The Balaban J connectivity index is 4.39. The second kappa shape index (κ2) is 5.60. The molecule has 0 saturated heterocycles. The van der Waals surface area contributed by atoms with Crippen molar-refractivity contribution < 1.29 is 14.6 Å². The Bertz CT molecular complexity index is 263. The first-order valence-corrected chi connectivity index (χ1v) is 5.69. The summed E-state index contributed by atoms with van der Waals surface area (Å²) in [5, 5.41) is 9.55. The van der Waals surface area contributed by atoms with Crippen LogP contribution in [0.3, 0.4) is 0 Å². The standard InChI is InChI=1S/C13H24O3/c1-7-13(6,11(14)10(2)3)16-9-8-12(4,5)15/h15H,2,7-9H2,1,3-6H3. The number of carbonyl (C=O) groups excluding carboxylic acids is 1. The predicted octanol–water partition coefficient (Wildman–Crippen LogP) is 2.48. The molecular formula is C13H24O3. The Morgan fingerprint density at radius 2 is 1.88 bits per heavy atom. The summed E-state index contributed by atoms with van der Waals surface area (Å²) in [7, 11) is 0. The molecule has 0 saturated carbocycles. The van der Waals surface area contributed by atoms with Crippen molar-refractivity contribution in [2.75, 3.05) is 6.61 Å². The van der Waals surface area contributed by atoms with Crippen LogP contribution < -0.4 is 0 Å². The average Bonchev–Trinajstić information content (AvgIpc) is 2.14. The van der Waals surface area contributed by atoms with E-state index in [4.69, 9.17) is 4.74 Å². The van der Waals surface area contributed by atoms with Crippen LogP contribution in [0.15, 0.2) is 12.2 Å². The van der Waals surface area contributed by atoms with Crippen LogP contribution in [0.25, 0.3) is 0 Å². The van der Waals surface area contributed by atoms with Gasteiger partial charge in [0.1, 0.15) is 5.60 Å². The maximum atomic E-state index is 11.9. The summed E-state index contributed by atoms with van der Waals surface area (Å²) in [6.45, 7) is 12.8. The van der Waals surface area contributed by atoms with Crippen LogP contribution >= 0.6 is 0 Å². The van der Waals surface area contributed by atoms with E-state index >= 15 is 0 Å². The van der Waals surface area contributed by atoms with E-state index in [0.717, 1.165) is 0 Å². The van der Waals surface area contributed by atoms with Crippen molar-refractivity contribution in [1.82, 2.24) is 0 Å². The van der Waals surface area contributed by atoms with Gasteiger partial charge in [-0.15, -0.1) is 0 Å². The Morgan fingerprint density at radius 1 is 1.38 bits per heavy atom. The molecule has 3 nitrogen and oxygen atoms in total. The summed E-state index contributed by atoms with van der Waals surface area (Å²) in [4.78, 5) is 11.9. The number of aliphatic hydroxyl groups is 1. The van der Waals surface area contributed by atoms with Gasteiger partial charge in [-0.3, -0.25) is 4.79 Å². The molecule has 0 bridgehead atoms. The van der Waals surface area contributed by atoms with Crippen molar-refractivity contribution in [1.29, 1.82) is 0 Å². The zero-order valence-electron chi connectivity index (χ0n) is 11.1. The van der Waals surface area contributed by atoms with Gasteiger partial charge in [0.05, 0.1) is 12.2 Å². The lowest BCUT2D eigenvalue weighted by atomic mass is 9.93. The Morgan fingerprint density at radius 3 is 2.19 bits per heavy atom. The third-order valence-electron chi connectivity index (χ3n) is 2.68. The fraction of sp³-hybridized carbons (Fsp3) is 0.769. The van der Waals surface area contributed by atoms with E-state index in [2.05, 4.69) is 6.58 Å². The van der Waals surface area contributed by atoms with E-state index in [0.29, 0.717) is 25.0 Å². The molecular weight excluding hydrogens is 204 g/mol. The van der Waals surface area contributed by atoms with Gasteiger partial charge in [0.2, 0.25) is 0 Å². The molecule has 0 aliphatic carbocycles. The second-order valence-electron chi connectivity index (χ2n) is 5.10. The van der Waals surface area contributed by atoms with Crippen LogP contribution in [0, 0.1) is 0 Å². The molecule has 0 heterocycles. The van der Waals surface area contributed by atoms with Crippen LogP contribution in [-0.4, -0.2) is 28.7 Å². The molecule has 0 aromatic rings. The predicted molar refractivity (Wildman–Crippen MR) is 65.4 cm³/mol. The third-order valence-corrected chi connectivity index (χ3v) is 2.68. The first-order valence-electron chi connectivity index (χ1n) is 5.69. The number of Topliss-reactive ketones (excluding diaryl/α,β-unsaturated/α-hetero) is 1. The Hall–Kier alpha value is -0.670. The topological polar surface area (TPSA) is 46.5 Å². The quantitative estimate of drug-likeness (QED) is 0.681. The maximum absolute atomic E-state index is 11.9. The lowest BCUT2D eigenvalue weighted by Gasteiger charge is -2.28. The summed E-state index contributed by atoms with van der Waals surface area (Å²) >= 11 is 0. The summed E-state index contributed by atoms with van der Waals surface area (Å²) in [5.74, 6) is -0.0641. The van der Waals surface area contributed by atoms with Gasteiger partial charge in [-0.2, -0.15) is 0 Å². The molecule has 0 aromatic carbocycles. The van der Waals surface area contributed by atoms with Crippen molar-refractivity contribution >= 4 is 5.78 Å². The maximum Gasteiger partial charge on any atom is 0.189 e. The van der Waals surface area contributed by atoms with Gasteiger partial charge in [-0.1, -0.05) is 13.5 Å². The highest BCUT2D eigenvalue weighted by atomic mass is 16.5. The Labute approximate surface area is 98.5 Å². The molecule has 0 rings (SSSR count). The molecule has 0 aliphatic rings. The molecule has 0 amide bonds. The molecule has 0 aliphatic heterocycles. The normalized spacial score (nSPS) is 15.6. The monoisotopic (exact) mass is 228 g/mol. The molecule has 0 aromatic heterocycles. The molecule has 1 N–H and O–H groups in total. The minimum Gasteiger partial charge on any atom is -0.390 e. The fourth-order valence-corrected chi connectivity index (χ4v) is 1.31. The zero-order valence-corrected chi connectivity index (χ0v) is 11.1. The van der Waals surface area contributed by atoms with E-state index in [1.165, 1.54) is 0 Å². The number of hydrogen-bond acceptors (Lipinski definition) is 3. The summed E-state index contributed by atoms with van der Waals surface area (Å²) in [5.41, 5.74) is -1.06. The highest BCUT2D eigenvalue weighted by Crippen LogP contribution is 2.21.